The van der Waals surface area contributed by atoms with Crippen LogP contribution in [0.15, 0.2) is 206 Å². The Labute approximate surface area is 341 Å². The lowest BCUT2D eigenvalue weighted by Crippen LogP contribution is -2.10. The fourth-order valence-corrected chi connectivity index (χ4v) is 8.96. The predicted molar refractivity (Wildman–Crippen MR) is 248 cm³/mol. The van der Waals surface area contributed by atoms with Gasteiger partial charge in [0.05, 0.1) is 11.0 Å². The van der Waals surface area contributed by atoms with E-state index in [1.165, 1.54) is 83.1 Å². The average molecular weight is 745 g/mol. The summed E-state index contributed by atoms with van der Waals surface area (Å²) in [7, 11) is 0. The Morgan fingerprint density at radius 3 is 1.88 bits per heavy atom. The van der Waals surface area contributed by atoms with Gasteiger partial charge in [-0.25, -0.2) is 0 Å². The highest BCUT2D eigenvalue weighted by atomic mass is 15.1. The molecule has 2 nitrogen and oxygen atoms in total. The molecule has 1 heterocycles. The van der Waals surface area contributed by atoms with Gasteiger partial charge in [-0.1, -0.05) is 146 Å². The minimum atomic E-state index is 0.970. The van der Waals surface area contributed by atoms with Crippen molar-refractivity contribution in [2.45, 2.75) is 26.7 Å². The highest BCUT2D eigenvalue weighted by Gasteiger charge is 2.22. The molecule has 0 unspecified atom stereocenters. The van der Waals surface area contributed by atoms with Gasteiger partial charge in [0.1, 0.15) is 0 Å². The lowest BCUT2D eigenvalue weighted by molar-refractivity contribution is 1.18. The molecule has 1 aliphatic carbocycles. The van der Waals surface area contributed by atoms with Crippen LogP contribution in [0, 0.1) is 0 Å². The summed E-state index contributed by atoms with van der Waals surface area (Å²) < 4.78 is 2.37. The molecule has 0 aliphatic heterocycles. The van der Waals surface area contributed by atoms with E-state index in [-0.39, 0.29) is 0 Å². The Hall–Kier alpha value is -7.16. The predicted octanol–water partition coefficient (Wildman–Crippen LogP) is 15.5. The second-order valence-corrected chi connectivity index (χ2v) is 15.1. The molecule has 0 spiro atoms. The van der Waals surface area contributed by atoms with Gasteiger partial charge in [0, 0.05) is 33.5 Å². The zero-order valence-corrected chi connectivity index (χ0v) is 32.9. The third-order valence-electron chi connectivity index (χ3n) is 11.7. The lowest BCUT2D eigenvalue weighted by Gasteiger charge is -2.26. The van der Waals surface area contributed by atoms with Crippen LogP contribution < -0.4 is 4.90 Å². The molecule has 0 bridgehead atoms. The van der Waals surface area contributed by atoms with E-state index < -0.39 is 0 Å². The molecule has 1 aliphatic rings. The van der Waals surface area contributed by atoms with Gasteiger partial charge in [0.2, 0.25) is 0 Å². The van der Waals surface area contributed by atoms with E-state index in [0.717, 1.165) is 29.9 Å². The van der Waals surface area contributed by atoms with Crippen molar-refractivity contribution in [3.63, 3.8) is 0 Å². The van der Waals surface area contributed by atoms with Crippen LogP contribution in [0.5, 0.6) is 0 Å². The lowest BCUT2D eigenvalue weighted by atomic mass is 9.95. The number of fused-ring (bicyclic) bond motifs is 6. The first kappa shape index (κ1) is 35.3. The van der Waals surface area contributed by atoms with Gasteiger partial charge in [0.15, 0.2) is 0 Å². The van der Waals surface area contributed by atoms with Gasteiger partial charge in [-0.05, 0) is 142 Å². The zero-order chi connectivity index (χ0) is 39.0. The van der Waals surface area contributed by atoms with E-state index >= 15 is 0 Å². The Kier molecular flexibility index (Phi) is 9.16. The van der Waals surface area contributed by atoms with E-state index in [9.17, 15) is 0 Å². The van der Waals surface area contributed by atoms with Crippen molar-refractivity contribution in [2.75, 3.05) is 4.90 Å². The molecule has 0 fully saturated rings. The van der Waals surface area contributed by atoms with Crippen molar-refractivity contribution in [2.24, 2.45) is 0 Å². The average Bonchev–Trinajstić information content (AvgIpc) is 3.83. The largest absolute Gasteiger partial charge is 0.311 e. The van der Waals surface area contributed by atoms with Gasteiger partial charge < -0.3 is 9.47 Å². The van der Waals surface area contributed by atoms with E-state index in [1.807, 2.05) is 0 Å². The maximum Gasteiger partial charge on any atom is 0.0541 e. The monoisotopic (exact) mass is 744 g/mol. The maximum atomic E-state index is 2.37. The molecule has 9 aromatic rings. The number of hydrogen-bond donors (Lipinski definition) is 0. The molecule has 1 aromatic heterocycles. The summed E-state index contributed by atoms with van der Waals surface area (Å²) in [4.78, 5) is 2.37. The number of aromatic nitrogens is 1. The Bertz CT molecular complexity index is 2980. The van der Waals surface area contributed by atoms with Gasteiger partial charge >= 0.3 is 0 Å². The Balaban J connectivity index is 1.03. The highest BCUT2D eigenvalue weighted by molar-refractivity contribution is 6.10. The number of anilines is 3. The molecule has 0 saturated carbocycles. The fourth-order valence-electron chi connectivity index (χ4n) is 8.96. The zero-order valence-electron chi connectivity index (χ0n) is 32.9. The second-order valence-electron chi connectivity index (χ2n) is 15.1. The van der Waals surface area contributed by atoms with Gasteiger partial charge in [0.25, 0.3) is 0 Å². The third-order valence-corrected chi connectivity index (χ3v) is 11.7. The van der Waals surface area contributed by atoms with Crippen LogP contribution in [0.3, 0.4) is 0 Å². The third kappa shape index (κ3) is 6.24. The van der Waals surface area contributed by atoms with E-state index in [2.05, 4.69) is 230 Å². The van der Waals surface area contributed by atoms with E-state index in [1.54, 1.807) is 0 Å². The molecule has 0 amide bonds. The molecule has 0 N–H and O–H groups in total. The molecular weight excluding hydrogens is 701 g/mol. The van der Waals surface area contributed by atoms with Crippen molar-refractivity contribution in [3.05, 3.63) is 223 Å². The molecular formula is C56H44N2. The number of rotatable bonds is 9. The number of para-hydroxylation sites is 2. The number of benzene rings is 8. The quantitative estimate of drug-likeness (QED) is 0.134. The van der Waals surface area contributed by atoms with Crippen molar-refractivity contribution < 1.29 is 0 Å². The maximum absolute atomic E-state index is 2.37. The first-order chi connectivity index (χ1) is 28.7. The standard InChI is InChI=1S/C56H44N2/c1-3-13-39(14-4-2)40-23-30-46(31-24-40)57(48-34-27-42(28-35-48)49-20-12-21-51-50-18-9-8-15-44(50)38-53(49)51)47-32-25-41(26-33-47)43-29-36-56-54(37-43)52-19-10-11-22-55(52)58(56)45-16-6-5-7-17-45/h3,5-37H,4,38H2,1-2H3/b13-3-,39-14+. The van der Waals surface area contributed by atoms with Crippen LogP contribution in [0.2, 0.25) is 0 Å². The topological polar surface area (TPSA) is 8.17 Å². The minimum absolute atomic E-state index is 0.970. The molecule has 278 valence electrons. The summed E-state index contributed by atoms with van der Waals surface area (Å²) in [5, 5.41) is 2.51. The molecule has 0 saturated heterocycles. The summed E-state index contributed by atoms with van der Waals surface area (Å²) in [6, 6.07) is 69.0. The summed E-state index contributed by atoms with van der Waals surface area (Å²) in [5.41, 5.74) is 19.9. The summed E-state index contributed by atoms with van der Waals surface area (Å²) in [5.74, 6) is 0. The van der Waals surface area contributed by atoms with Crippen molar-refractivity contribution in [1.82, 2.24) is 4.57 Å². The molecule has 58 heavy (non-hydrogen) atoms. The summed E-state index contributed by atoms with van der Waals surface area (Å²) in [6.45, 7) is 4.27. The van der Waals surface area contributed by atoms with Crippen LogP contribution in [0.4, 0.5) is 17.1 Å². The first-order valence-corrected chi connectivity index (χ1v) is 20.4. The van der Waals surface area contributed by atoms with Crippen molar-refractivity contribution in [3.8, 4) is 39.1 Å². The van der Waals surface area contributed by atoms with Crippen LogP contribution in [-0.4, -0.2) is 4.57 Å². The van der Waals surface area contributed by atoms with Gasteiger partial charge in [-0.2, -0.15) is 0 Å². The van der Waals surface area contributed by atoms with Gasteiger partial charge in [-0.15, -0.1) is 0 Å². The Morgan fingerprint density at radius 2 is 1.14 bits per heavy atom. The SMILES string of the molecule is C/C=C\C(=C/CC)c1ccc(N(c2ccc(-c3ccc4c(c3)c3ccccc3n4-c3ccccc3)cc2)c2ccc(-c3cccc4c3Cc3ccccc3-4)cc2)cc1. The minimum Gasteiger partial charge on any atom is -0.311 e. The van der Waals surface area contributed by atoms with Crippen molar-refractivity contribution in [1.29, 1.82) is 0 Å². The van der Waals surface area contributed by atoms with Crippen LogP contribution in [0.25, 0.3) is 66.4 Å². The number of hydrogen-bond acceptors (Lipinski definition) is 1. The van der Waals surface area contributed by atoms with Crippen LogP contribution in [0.1, 0.15) is 37.0 Å². The van der Waals surface area contributed by atoms with E-state index in [4.69, 9.17) is 0 Å². The van der Waals surface area contributed by atoms with Crippen LogP contribution >= 0.6 is 0 Å². The fraction of sp³-hybridized carbons (Fsp3) is 0.0714. The second kappa shape index (κ2) is 15.1. The molecule has 0 radical (unpaired) electrons. The van der Waals surface area contributed by atoms with Gasteiger partial charge in [-0.3, -0.25) is 0 Å². The van der Waals surface area contributed by atoms with Crippen molar-refractivity contribution >= 4 is 44.4 Å². The molecule has 2 heteroatoms. The molecule has 10 rings (SSSR count). The number of nitrogens with zero attached hydrogens (tertiary/aromatic N) is 2. The summed E-state index contributed by atoms with van der Waals surface area (Å²) >= 11 is 0. The highest BCUT2D eigenvalue weighted by Crippen LogP contribution is 2.43. The normalized spacial score (nSPS) is 12.3. The smallest absolute Gasteiger partial charge is 0.0541 e. The molecule has 8 aromatic carbocycles. The summed E-state index contributed by atoms with van der Waals surface area (Å²) in [6.07, 6.45) is 8.57. The van der Waals surface area contributed by atoms with Crippen LogP contribution in [-0.2, 0) is 6.42 Å². The van der Waals surface area contributed by atoms with E-state index in [0.29, 0.717) is 0 Å². The number of allylic oxidation sites excluding steroid dienone is 4. The Morgan fingerprint density at radius 1 is 0.534 bits per heavy atom. The molecule has 0 atom stereocenters. The first-order valence-electron chi connectivity index (χ1n) is 20.4.